The summed E-state index contributed by atoms with van der Waals surface area (Å²) in [6.45, 7) is 3.22. The number of rotatable bonds is 3. The molecule has 0 saturated carbocycles. The number of halogens is 1. The molecule has 1 aliphatic heterocycles. The maximum absolute atomic E-state index is 12.2. The number of carbonyl (C=O) groups is 1. The summed E-state index contributed by atoms with van der Waals surface area (Å²) >= 11 is 6.04. The number of benzene rings is 1. The van der Waals surface area contributed by atoms with Crippen LogP contribution < -0.4 is 4.90 Å². The van der Waals surface area contributed by atoms with Crippen molar-refractivity contribution in [3.8, 4) is 0 Å². The lowest BCUT2D eigenvalue weighted by Gasteiger charge is -2.35. The quantitative estimate of drug-likeness (QED) is 0.795. The van der Waals surface area contributed by atoms with Gasteiger partial charge in [0.05, 0.1) is 0 Å². The first-order valence-electron chi connectivity index (χ1n) is 7.89. The topological polar surface area (TPSA) is 23.6 Å². The molecule has 0 radical (unpaired) electrons. The summed E-state index contributed by atoms with van der Waals surface area (Å²) in [5, 5.41) is 0.753. The van der Waals surface area contributed by atoms with Crippen LogP contribution >= 0.6 is 11.6 Å². The van der Waals surface area contributed by atoms with Crippen molar-refractivity contribution in [1.29, 1.82) is 0 Å². The van der Waals surface area contributed by atoms with Crippen LogP contribution in [-0.2, 0) is 4.79 Å². The molecule has 1 aliphatic carbocycles. The van der Waals surface area contributed by atoms with Crippen LogP contribution in [0.25, 0.3) is 0 Å². The van der Waals surface area contributed by atoms with E-state index in [9.17, 15) is 4.79 Å². The van der Waals surface area contributed by atoms with Crippen LogP contribution in [-0.4, -0.2) is 37.0 Å². The maximum atomic E-state index is 12.2. The van der Waals surface area contributed by atoms with E-state index in [0.29, 0.717) is 0 Å². The van der Waals surface area contributed by atoms with E-state index < -0.39 is 0 Å². The minimum absolute atomic E-state index is 0.124. The Morgan fingerprint density at radius 2 is 2.00 bits per heavy atom. The Kier molecular flexibility index (Phi) is 4.84. The van der Waals surface area contributed by atoms with E-state index in [1.54, 1.807) is 6.08 Å². The van der Waals surface area contributed by atoms with E-state index in [-0.39, 0.29) is 5.91 Å². The summed E-state index contributed by atoms with van der Waals surface area (Å²) in [6, 6.07) is 7.89. The molecule has 1 fully saturated rings. The Bertz CT molecular complexity index is 601. The minimum atomic E-state index is 0.124. The standard InChI is InChI=1S/C18H21ClN2O/c19-16-6-3-7-17(14-16)20-10-12-21(13-11-20)18(22)9-8-15-4-1-2-5-15/h3-4,6-9,14H,1-2,5,10-13H2. The molecule has 0 atom stereocenters. The highest BCUT2D eigenvalue weighted by molar-refractivity contribution is 6.30. The summed E-state index contributed by atoms with van der Waals surface area (Å²) in [6.07, 6.45) is 9.40. The van der Waals surface area contributed by atoms with E-state index in [1.807, 2.05) is 29.2 Å². The van der Waals surface area contributed by atoms with Gasteiger partial charge in [-0.2, -0.15) is 0 Å². The molecule has 1 aromatic rings. The Morgan fingerprint density at radius 1 is 1.18 bits per heavy atom. The fraction of sp³-hybridized carbons (Fsp3) is 0.389. The number of piperazine rings is 1. The fourth-order valence-electron chi connectivity index (χ4n) is 2.99. The Balaban J connectivity index is 1.54. The second kappa shape index (κ2) is 7.01. The van der Waals surface area contributed by atoms with Crippen LogP contribution in [0, 0.1) is 0 Å². The van der Waals surface area contributed by atoms with Gasteiger partial charge in [-0.1, -0.05) is 35.4 Å². The lowest BCUT2D eigenvalue weighted by Crippen LogP contribution is -2.48. The lowest BCUT2D eigenvalue weighted by atomic mass is 10.2. The van der Waals surface area contributed by atoms with Crippen LogP contribution in [0.5, 0.6) is 0 Å². The van der Waals surface area contributed by atoms with Crippen LogP contribution in [0.2, 0.25) is 5.02 Å². The molecule has 1 aromatic carbocycles. The normalized spacial score (nSPS) is 18.9. The first kappa shape index (κ1) is 15.2. The zero-order chi connectivity index (χ0) is 15.4. The number of hydrogen-bond acceptors (Lipinski definition) is 2. The lowest BCUT2D eigenvalue weighted by molar-refractivity contribution is -0.126. The highest BCUT2D eigenvalue weighted by Crippen LogP contribution is 2.21. The van der Waals surface area contributed by atoms with Crippen molar-refractivity contribution >= 4 is 23.2 Å². The molecule has 1 heterocycles. The van der Waals surface area contributed by atoms with Crippen LogP contribution in [0.1, 0.15) is 19.3 Å². The maximum Gasteiger partial charge on any atom is 0.246 e. The Hall–Kier alpha value is -1.74. The molecule has 1 saturated heterocycles. The van der Waals surface area contributed by atoms with E-state index in [1.165, 1.54) is 12.0 Å². The van der Waals surface area contributed by atoms with Crippen LogP contribution in [0.15, 0.2) is 48.1 Å². The number of carbonyl (C=O) groups excluding carboxylic acids is 1. The third kappa shape index (κ3) is 3.72. The third-order valence-corrected chi connectivity index (χ3v) is 4.52. The van der Waals surface area contributed by atoms with Gasteiger partial charge >= 0.3 is 0 Å². The molecule has 0 N–H and O–H groups in total. The van der Waals surface area contributed by atoms with Crippen molar-refractivity contribution in [2.45, 2.75) is 19.3 Å². The third-order valence-electron chi connectivity index (χ3n) is 4.28. The molecule has 4 heteroatoms. The molecule has 22 heavy (non-hydrogen) atoms. The van der Waals surface area contributed by atoms with Crippen molar-refractivity contribution < 1.29 is 4.79 Å². The first-order chi connectivity index (χ1) is 10.7. The number of allylic oxidation sites excluding steroid dienone is 3. The van der Waals surface area contributed by atoms with Crippen molar-refractivity contribution in [2.75, 3.05) is 31.1 Å². The van der Waals surface area contributed by atoms with Crippen LogP contribution in [0.3, 0.4) is 0 Å². The molecule has 0 bridgehead atoms. The van der Waals surface area contributed by atoms with Crippen molar-refractivity contribution in [3.05, 3.63) is 53.1 Å². The van der Waals surface area contributed by atoms with Gasteiger partial charge in [0.2, 0.25) is 5.91 Å². The predicted octanol–water partition coefficient (Wildman–Crippen LogP) is 3.66. The summed E-state index contributed by atoms with van der Waals surface area (Å²) in [4.78, 5) is 16.4. The predicted molar refractivity (Wildman–Crippen MR) is 91.3 cm³/mol. The molecule has 3 rings (SSSR count). The smallest absolute Gasteiger partial charge is 0.246 e. The molecule has 0 spiro atoms. The van der Waals surface area contributed by atoms with E-state index >= 15 is 0 Å². The zero-order valence-electron chi connectivity index (χ0n) is 12.7. The largest absolute Gasteiger partial charge is 0.368 e. The van der Waals surface area contributed by atoms with Gasteiger partial charge < -0.3 is 9.80 Å². The van der Waals surface area contributed by atoms with Gasteiger partial charge in [-0.05, 0) is 37.5 Å². The van der Waals surface area contributed by atoms with Gasteiger partial charge in [-0.15, -0.1) is 0 Å². The van der Waals surface area contributed by atoms with Gasteiger partial charge in [0.1, 0.15) is 0 Å². The number of nitrogens with zero attached hydrogens (tertiary/aromatic N) is 2. The SMILES string of the molecule is O=C(C=CC1=CCCC1)N1CCN(c2cccc(Cl)c2)CC1. The highest BCUT2D eigenvalue weighted by Gasteiger charge is 2.20. The van der Waals surface area contributed by atoms with E-state index in [4.69, 9.17) is 11.6 Å². The van der Waals surface area contributed by atoms with Gasteiger partial charge in [0.25, 0.3) is 0 Å². The molecule has 0 unspecified atom stereocenters. The van der Waals surface area contributed by atoms with Crippen molar-refractivity contribution in [2.24, 2.45) is 0 Å². The second-order valence-electron chi connectivity index (χ2n) is 5.80. The van der Waals surface area contributed by atoms with Gasteiger partial charge in [0, 0.05) is 43.0 Å². The average molecular weight is 317 g/mol. The van der Waals surface area contributed by atoms with E-state index in [0.717, 1.165) is 49.7 Å². The van der Waals surface area contributed by atoms with Crippen molar-refractivity contribution in [3.63, 3.8) is 0 Å². The van der Waals surface area contributed by atoms with Gasteiger partial charge in [0.15, 0.2) is 0 Å². The fourth-order valence-corrected chi connectivity index (χ4v) is 3.17. The molecule has 3 nitrogen and oxygen atoms in total. The van der Waals surface area contributed by atoms with Crippen LogP contribution in [0.4, 0.5) is 5.69 Å². The highest BCUT2D eigenvalue weighted by atomic mass is 35.5. The summed E-state index contributed by atoms with van der Waals surface area (Å²) < 4.78 is 0. The monoisotopic (exact) mass is 316 g/mol. The Morgan fingerprint density at radius 3 is 2.68 bits per heavy atom. The molecule has 1 amide bonds. The molecule has 0 aromatic heterocycles. The molecular weight excluding hydrogens is 296 g/mol. The second-order valence-corrected chi connectivity index (χ2v) is 6.23. The Labute approximate surface area is 136 Å². The number of hydrogen-bond donors (Lipinski definition) is 0. The number of amides is 1. The van der Waals surface area contributed by atoms with E-state index in [2.05, 4.69) is 17.0 Å². The molecule has 2 aliphatic rings. The average Bonchev–Trinajstić information content (AvgIpc) is 3.06. The molecule has 116 valence electrons. The first-order valence-corrected chi connectivity index (χ1v) is 8.27. The van der Waals surface area contributed by atoms with Gasteiger partial charge in [-0.25, -0.2) is 0 Å². The van der Waals surface area contributed by atoms with Crippen molar-refractivity contribution in [1.82, 2.24) is 4.90 Å². The number of anilines is 1. The van der Waals surface area contributed by atoms with Gasteiger partial charge in [-0.3, -0.25) is 4.79 Å². The minimum Gasteiger partial charge on any atom is -0.368 e. The summed E-state index contributed by atoms with van der Waals surface area (Å²) in [7, 11) is 0. The summed E-state index contributed by atoms with van der Waals surface area (Å²) in [5.74, 6) is 0.124. The zero-order valence-corrected chi connectivity index (χ0v) is 13.4. The molecular formula is C18H21ClN2O. The summed E-state index contributed by atoms with van der Waals surface area (Å²) in [5.41, 5.74) is 2.43.